The third-order valence-corrected chi connectivity index (χ3v) is 3.50. The van der Waals surface area contributed by atoms with Crippen LogP contribution in [0.4, 0.5) is 0 Å². The van der Waals surface area contributed by atoms with Crippen molar-refractivity contribution in [3.8, 4) is 5.75 Å². The van der Waals surface area contributed by atoms with Crippen molar-refractivity contribution in [2.24, 2.45) is 0 Å². The number of aromatic nitrogens is 1. The Morgan fingerprint density at radius 3 is 2.82 bits per heavy atom. The van der Waals surface area contributed by atoms with Crippen LogP contribution in [0.3, 0.4) is 0 Å². The van der Waals surface area contributed by atoms with Gasteiger partial charge in [0.25, 0.3) is 0 Å². The zero-order chi connectivity index (χ0) is 11.7. The van der Waals surface area contributed by atoms with Crippen LogP contribution in [-0.2, 0) is 11.3 Å². The predicted molar refractivity (Wildman–Crippen MR) is 60.7 cm³/mol. The molecule has 0 unspecified atom stereocenters. The molecule has 2 rings (SSSR count). The lowest BCUT2D eigenvalue weighted by Crippen LogP contribution is -3.00. The normalized spacial score (nSPS) is 10.2. The maximum absolute atomic E-state index is 10.5. The first-order valence-electron chi connectivity index (χ1n) is 4.91. The zero-order valence-corrected chi connectivity index (χ0v) is 11.6. The van der Waals surface area contributed by atoms with E-state index >= 15 is 0 Å². The number of aliphatic carboxylic acids is 1. The zero-order valence-electron chi connectivity index (χ0n) is 9.18. The first-order chi connectivity index (χ1) is 7.58. The summed E-state index contributed by atoms with van der Waals surface area (Å²) in [4.78, 5) is 10.5. The Hall–Kier alpha value is -1.14. The monoisotopic (exact) mass is 317 g/mol. The summed E-state index contributed by atoms with van der Waals surface area (Å²) >= 11 is 1.60. The van der Waals surface area contributed by atoms with E-state index in [9.17, 15) is 9.90 Å². The van der Waals surface area contributed by atoms with Crippen molar-refractivity contribution in [2.45, 2.75) is 19.9 Å². The number of benzene rings is 1. The summed E-state index contributed by atoms with van der Waals surface area (Å²) in [6.45, 7) is 2.38. The minimum Gasteiger partial charge on any atom is -1.00 e. The van der Waals surface area contributed by atoms with Crippen molar-refractivity contribution < 1.29 is 36.6 Å². The lowest BCUT2D eigenvalue weighted by Gasteiger charge is -1.94. The lowest BCUT2D eigenvalue weighted by molar-refractivity contribution is -0.671. The summed E-state index contributed by atoms with van der Waals surface area (Å²) in [7, 11) is 0. The molecule has 0 saturated heterocycles. The smallest absolute Gasteiger partial charge is 0.309 e. The van der Waals surface area contributed by atoms with Gasteiger partial charge in [-0.25, -0.2) is 0 Å². The van der Waals surface area contributed by atoms with Crippen LogP contribution >= 0.6 is 11.3 Å². The molecule has 0 aliphatic rings. The number of thiazole rings is 1. The van der Waals surface area contributed by atoms with Gasteiger partial charge in [0, 0.05) is 6.92 Å². The highest BCUT2D eigenvalue weighted by molar-refractivity contribution is 7.18. The van der Waals surface area contributed by atoms with E-state index in [4.69, 9.17) is 5.11 Å². The molecule has 17 heavy (non-hydrogen) atoms. The van der Waals surface area contributed by atoms with E-state index in [-0.39, 0.29) is 29.2 Å². The molecule has 6 heteroatoms. The largest absolute Gasteiger partial charge is 1.00 e. The Labute approximate surface area is 113 Å². The fraction of sp³-hybridized carbons (Fsp3) is 0.273. The van der Waals surface area contributed by atoms with E-state index in [1.54, 1.807) is 23.5 Å². The molecule has 0 spiro atoms. The fourth-order valence-electron chi connectivity index (χ4n) is 1.67. The van der Waals surface area contributed by atoms with Gasteiger partial charge in [0.05, 0.1) is 6.07 Å². The van der Waals surface area contributed by atoms with Crippen molar-refractivity contribution >= 4 is 27.5 Å². The second-order valence-electron chi connectivity index (χ2n) is 3.57. The molecule has 0 aliphatic carbocycles. The van der Waals surface area contributed by atoms with Crippen LogP contribution in [0, 0.1) is 6.92 Å². The van der Waals surface area contributed by atoms with Crippen molar-refractivity contribution in [1.29, 1.82) is 0 Å². The van der Waals surface area contributed by atoms with E-state index in [1.165, 1.54) is 0 Å². The maximum atomic E-state index is 10.5. The molecule has 0 saturated carbocycles. The van der Waals surface area contributed by atoms with Crippen molar-refractivity contribution in [1.82, 2.24) is 0 Å². The summed E-state index contributed by atoms with van der Waals surface area (Å²) in [6.07, 6.45) is 0.0903. The van der Waals surface area contributed by atoms with Crippen molar-refractivity contribution in [3.63, 3.8) is 0 Å². The van der Waals surface area contributed by atoms with Gasteiger partial charge in [-0.2, -0.15) is 4.57 Å². The number of hydrogen-bond acceptors (Lipinski definition) is 3. The van der Waals surface area contributed by atoms with Gasteiger partial charge < -0.3 is 27.2 Å². The number of phenols is 1. The van der Waals surface area contributed by atoms with Crippen LogP contribution in [0.2, 0.25) is 0 Å². The number of carbonyl (C=O) groups is 1. The molecule has 0 radical (unpaired) electrons. The molecular formula is C11H12BrNO3S. The van der Waals surface area contributed by atoms with Crippen LogP contribution in [0.15, 0.2) is 18.2 Å². The van der Waals surface area contributed by atoms with Gasteiger partial charge in [0.2, 0.25) is 10.5 Å². The number of fused-ring (bicyclic) bond motifs is 1. The van der Waals surface area contributed by atoms with Crippen LogP contribution < -0.4 is 21.5 Å². The highest BCUT2D eigenvalue weighted by atomic mass is 79.9. The molecule has 2 aromatic rings. The third kappa shape index (κ3) is 2.95. The number of halogens is 1. The minimum atomic E-state index is -0.814. The Kier molecular flexibility index (Phi) is 4.47. The Morgan fingerprint density at radius 1 is 1.47 bits per heavy atom. The average Bonchev–Trinajstić information content (AvgIpc) is 2.51. The number of aryl methyl sites for hydroxylation is 2. The SMILES string of the molecule is Cc1sc2ccc(O)cc2[n+]1CCC(=O)O.[Br-]. The minimum absolute atomic E-state index is 0. The lowest BCUT2D eigenvalue weighted by atomic mass is 10.3. The number of phenolic OH excluding ortho intramolecular Hbond substituents is 1. The molecule has 0 atom stereocenters. The highest BCUT2D eigenvalue weighted by Crippen LogP contribution is 2.23. The number of aromatic hydroxyl groups is 1. The standard InChI is InChI=1S/C11H11NO3S.BrH/c1-7-12(5-4-11(14)15)9-6-8(13)2-3-10(9)16-7;/h2-3,6H,4-5H2,1H3,(H-,13,14,15);1H. The van der Waals surface area contributed by atoms with E-state index in [0.29, 0.717) is 6.54 Å². The molecule has 4 nitrogen and oxygen atoms in total. The molecule has 0 fully saturated rings. The second-order valence-corrected chi connectivity index (χ2v) is 4.80. The number of carboxylic acids is 1. The van der Waals surface area contributed by atoms with Crippen LogP contribution in [0.1, 0.15) is 11.4 Å². The first kappa shape index (κ1) is 13.9. The Balaban J connectivity index is 0.00000144. The Morgan fingerprint density at radius 2 is 2.18 bits per heavy atom. The maximum Gasteiger partial charge on any atom is 0.309 e. The number of carboxylic acid groups (broad SMARTS) is 1. The number of rotatable bonds is 3. The van der Waals surface area contributed by atoms with Gasteiger partial charge in [0.15, 0.2) is 6.54 Å². The molecule has 0 aliphatic heterocycles. The summed E-state index contributed by atoms with van der Waals surface area (Å²) in [6, 6.07) is 5.15. The molecule has 0 bridgehead atoms. The number of nitrogens with zero attached hydrogens (tertiary/aromatic N) is 1. The Bertz CT molecular complexity index is 553. The molecule has 1 aromatic heterocycles. The summed E-state index contributed by atoms with van der Waals surface area (Å²) in [5.41, 5.74) is 0.892. The second kappa shape index (κ2) is 5.46. The van der Waals surface area contributed by atoms with Crippen LogP contribution in [0.5, 0.6) is 5.75 Å². The van der Waals surface area contributed by atoms with Gasteiger partial charge in [-0.1, -0.05) is 11.3 Å². The predicted octanol–water partition coefficient (Wildman–Crippen LogP) is -1.32. The molecule has 1 aromatic carbocycles. The molecular weight excluding hydrogens is 306 g/mol. The van der Waals surface area contributed by atoms with Crippen LogP contribution in [0.25, 0.3) is 10.2 Å². The summed E-state index contributed by atoms with van der Waals surface area (Å²) in [5.74, 6) is -0.610. The van der Waals surface area contributed by atoms with Gasteiger partial charge in [-0.15, -0.1) is 0 Å². The van der Waals surface area contributed by atoms with Gasteiger partial charge in [-0.05, 0) is 12.1 Å². The van der Waals surface area contributed by atoms with E-state index < -0.39 is 5.97 Å². The highest BCUT2D eigenvalue weighted by Gasteiger charge is 2.18. The first-order valence-corrected chi connectivity index (χ1v) is 5.73. The van der Waals surface area contributed by atoms with E-state index in [0.717, 1.165) is 15.2 Å². The van der Waals surface area contributed by atoms with E-state index in [1.807, 2.05) is 17.6 Å². The van der Waals surface area contributed by atoms with Gasteiger partial charge >= 0.3 is 5.97 Å². The van der Waals surface area contributed by atoms with Crippen LogP contribution in [-0.4, -0.2) is 16.2 Å². The molecule has 0 amide bonds. The topological polar surface area (TPSA) is 61.4 Å². The molecule has 2 N–H and O–H groups in total. The van der Waals surface area contributed by atoms with Crippen molar-refractivity contribution in [3.05, 3.63) is 23.2 Å². The van der Waals surface area contributed by atoms with Crippen molar-refractivity contribution in [2.75, 3.05) is 0 Å². The van der Waals surface area contributed by atoms with Gasteiger partial charge in [-0.3, -0.25) is 4.79 Å². The summed E-state index contributed by atoms with van der Waals surface area (Å²) < 4.78 is 2.98. The molecule has 92 valence electrons. The average molecular weight is 318 g/mol. The summed E-state index contributed by atoms with van der Waals surface area (Å²) in [5, 5.41) is 19.1. The van der Waals surface area contributed by atoms with E-state index in [2.05, 4.69) is 0 Å². The quantitative estimate of drug-likeness (QED) is 0.690. The third-order valence-electron chi connectivity index (χ3n) is 2.42. The molecule has 1 heterocycles. The fourth-order valence-corrected chi connectivity index (χ4v) is 2.70. The number of hydrogen-bond donors (Lipinski definition) is 2. The van der Waals surface area contributed by atoms with Gasteiger partial charge in [0.1, 0.15) is 16.9 Å².